The van der Waals surface area contributed by atoms with E-state index < -0.39 is 0 Å². The number of ketones is 1. The highest BCUT2D eigenvalue weighted by molar-refractivity contribution is 7.99. The number of benzene rings is 2. The number of aromatic hydroxyl groups is 2. The standard InChI is InChI=1S/C25H25N3O3S/c1-15-23(16-8-6-5-7-9-16)24-26-21(25(2,3)4)13-22(28(24)27-15)32-14-20(31)17-10-11-18(29)19(30)12-17/h5-13,29-30H,14H2,1-4H3. The molecular weight excluding hydrogens is 422 g/mol. The third-order valence-electron chi connectivity index (χ3n) is 5.21. The zero-order chi connectivity index (χ0) is 23.0. The molecule has 2 heterocycles. The fourth-order valence-corrected chi connectivity index (χ4v) is 4.34. The van der Waals surface area contributed by atoms with Gasteiger partial charge in [-0.3, -0.25) is 4.79 Å². The van der Waals surface area contributed by atoms with Crippen LogP contribution >= 0.6 is 11.8 Å². The Morgan fingerprint density at radius 1 is 1.03 bits per heavy atom. The van der Waals surface area contributed by atoms with Crippen LogP contribution in [0.3, 0.4) is 0 Å². The molecule has 4 aromatic rings. The van der Waals surface area contributed by atoms with E-state index in [1.54, 1.807) is 4.52 Å². The molecule has 0 saturated heterocycles. The monoisotopic (exact) mass is 447 g/mol. The maximum Gasteiger partial charge on any atom is 0.173 e. The summed E-state index contributed by atoms with van der Waals surface area (Å²) in [6, 6.07) is 16.1. The zero-order valence-corrected chi connectivity index (χ0v) is 19.3. The molecule has 0 atom stereocenters. The summed E-state index contributed by atoms with van der Waals surface area (Å²) < 4.78 is 1.80. The van der Waals surface area contributed by atoms with Crippen LogP contribution in [0.2, 0.25) is 0 Å². The Morgan fingerprint density at radius 3 is 2.41 bits per heavy atom. The van der Waals surface area contributed by atoms with Crippen molar-refractivity contribution < 1.29 is 15.0 Å². The number of phenols is 2. The van der Waals surface area contributed by atoms with Crippen LogP contribution < -0.4 is 0 Å². The van der Waals surface area contributed by atoms with Gasteiger partial charge in [0.15, 0.2) is 22.9 Å². The van der Waals surface area contributed by atoms with Crippen LogP contribution in [-0.2, 0) is 5.41 Å². The molecule has 0 spiro atoms. The fourth-order valence-electron chi connectivity index (χ4n) is 3.45. The number of hydrogen-bond donors (Lipinski definition) is 2. The second-order valence-electron chi connectivity index (χ2n) is 8.71. The lowest BCUT2D eigenvalue weighted by atomic mass is 9.92. The first-order chi connectivity index (χ1) is 15.1. The van der Waals surface area contributed by atoms with Gasteiger partial charge in [0.05, 0.1) is 17.1 Å². The van der Waals surface area contributed by atoms with Crippen molar-refractivity contribution in [2.45, 2.75) is 38.1 Å². The van der Waals surface area contributed by atoms with E-state index in [1.807, 2.05) is 43.3 Å². The van der Waals surface area contributed by atoms with Crippen molar-refractivity contribution in [3.05, 3.63) is 71.5 Å². The van der Waals surface area contributed by atoms with Gasteiger partial charge in [-0.1, -0.05) is 62.9 Å². The first kappa shape index (κ1) is 21.9. The molecule has 0 amide bonds. The minimum atomic E-state index is -0.308. The molecule has 4 rings (SSSR count). The van der Waals surface area contributed by atoms with Crippen LogP contribution in [0.1, 0.15) is 42.5 Å². The Labute approximate surface area is 190 Å². The van der Waals surface area contributed by atoms with Gasteiger partial charge >= 0.3 is 0 Å². The second kappa shape index (κ2) is 8.31. The van der Waals surface area contributed by atoms with Gasteiger partial charge in [-0.05, 0) is 36.8 Å². The fraction of sp³-hybridized carbons (Fsp3) is 0.240. The number of carbonyl (C=O) groups is 1. The highest BCUT2D eigenvalue weighted by Gasteiger charge is 2.23. The van der Waals surface area contributed by atoms with E-state index in [9.17, 15) is 15.0 Å². The number of carbonyl (C=O) groups excluding carboxylic acids is 1. The molecular formula is C25H25N3O3S. The van der Waals surface area contributed by atoms with Gasteiger partial charge in [0.25, 0.3) is 0 Å². The lowest BCUT2D eigenvalue weighted by molar-refractivity contribution is 0.102. The third kappa shape index (κ3) is 4.21. The van der Waals surface area contributed by atoms with E-state index in [0.717, 1.165) is 33.2 Å². The van der Waals surface area contributed by atoms with Gasteiger partial charge in [-0.25, -0.2) is 9.50 Å². The van der Waals surface area contributed by atoms with Crippen molar-refractivity contribution in [1.82, 2.24) is 14.6 Å². The molecule has 2 aromatic heterocycles. The molecule has 164 valence electrons. The summed E-state index contributed by atoms with van der Waals surface area (Å²) in [5, 5.41) is 24.8. The largest absolute Gasteiger partial charge is 0.504 e. The molecule has 2 N–H and O–H groups in total. The number of Topliss-reactive ketones (excluding diaryl/α,β-unsaturated/α-hetero) is 1. The summed E-state index contributed by atoms with van der Waals surface area (Å²) in [6.45, 7) is 8.29. The molecule has 0 unspecified atom stereocenters. The van der Waals surface area contributed by atoms with Gasteiger partial charge in [0.1, 0.15) is 5.03 Å². The molecule has 0 radical (unpaired) electrons. The number of hydrogen-bond acceptors (Lipinski definition) is 6. The molecule has 7 heteroatoms. The van der Waals surface area contributed by atoms with E-state index in [0.29, 0.717) is 5.56 Å². The predicted octanol–water partition coefficient (Wildman–Crippen LogP) is 5.39. The van der Waals surface area contributed by atoms with Crippen molar-refractivity contribution in [2.24, 2.45) is 0 Å². The summed E-state index contributed by atoms with van der Waals surface area (Å²) in [6.07, 6.45) is 0. The Morgan fingerprint density at radius 2 is 1.75 bits per heavy atom. The van der Waals surface area contributed by atoms with Crippen LogP contribution in [0.4, 0.5) is 0 Å². The Balaban J connectivity index is 1.76. The number of nitrogens with zero attached hydrogens (tertiary/aromatic N) is 3. The highest BCUT2D eigenvalue weighted by Crippen LogP contribution is 2.33. The molecule has 0 aliphatic carbocycles. The Bertz CT molecular complexity index is 1310. The molecule has 0 bridgehead atoms. The molecule has 2 aromatic carbocycles. The summed E-state index contributed by atoms with van der Waals surface area (Å²) in [4.78, 5) is 17.7. The zero-order valence-electron chi connectivity index (χ0n) is 18.5. The number of rotatable bonds is 5. The first-order valence-corrected chi connectivity index (χ1v) is 11.3. The topological polar surface area (TPSA) is 87.7 Å². The minimum absolute atomic E-state index is 0.153. The third-order valence-corrected chi connectivity index (χ3v) is 6.20. The van der Waals surface area contributed by atoms with E-state index in [1.165, 1.54) is 30.0 Å². The van der Waals surface area contributed by atoms with Crippen molar-refractivity contribution in [2.75, 3.05) is 5.75 Å². The van der Waals surface area contributed by atoms with Crippen LogP contribution in [0.15, 0.2) is 59.6 Å². The summed E-state index contributed by atoms with van der Waals surface area (Å²) in [7, 11) is 0. The van der Waals surface area contributed by atoms with Gasteiger partial charge < -0.3 is 10.2 Å². The number of aromatic nitrogens is 3. The van der Waals surface area contributed by atoms with Gasteiger partial charge in [0, 0.05) is 16.5 Å². The lowest BCUT2D eigenvalue weighted by Crippen LogP contribution is -2.15. The van der Waals surface area contributed by atoms with Crippen LogP contribution in [0, 0.1) is 6.92 Å². The molecule has 0 fully saturated rings. The summed E-state index contributed by atoms with van der Waals surface area (Å²) in [5.41, 5.74) is 4.73. The van der Waals surface area contributed by atoms with Crippen molar-refractivity contribution in [3.63, 3.8) is 0 Å². The number of fused-ring (bicyclic) bond motifs is 1. The molecule has 0 aliphatic heterocycles. The van der Waals surface area contributed by atoms with Crippen molar-refractivity contribution in [1.29, 1.82) is 0 Å². The molecule has 0 saturated carbocycles. The number of aryl methyl sites for hydroxylation is 1. The summed E-state index contributed by atoms with van der Waals surface area (Å²) in [5.74, 6) is -0.551. The lowest BCUT2D eigenvalue weighted by Gasteiger charge is -2.19. The smallest absolute Gasteiger partial charge is 0.173 e. The normalized spacial score (nSPS) is 11.8. The van der Waals surface area contributed by atoms with Crippen molar-refractivity contribution in [3.8, 4) is 22.6 Å². The quantitative estimate of drug-likeness (QED) is 0.185. The van der Waals surface area contributed by atoms with Gasteiger partial charge in [0.2, 0.25) is 0 Å². The maximum absolute atomic E-state index is 12.7. The van der Waals surface area contributed by atoms with Crippen LogP contribution in [0.25, 0.3) is 16.8 Å². The average molecular weight is 448 g/mol. The molecule has 0 aliphatic rings. The van der Waals surface area contributed by atoms with Crippen molar-refractivity contribution >= 4 is 23.2 Å². The number of thioether (sulfide) groups is 1. The second-order valence-corrected chi connectivity index (χ2v) is 9.70. The van der Waals surface area contributed by atoms with E-state index in [4.69, 9.17) is 10.1 Å². The molecule has 6 nitrogen and oxygen atoms in total. The SMILES string of the molecule is Cc1nn2c(SCC(=O)c3ccc(O)c(O)c3)cc(C(C)(C)C)nc2c1-c1ccccc1. The Kier molecular flexibility index (Phi) is 5.69. The minimum Gasteiger partial charge on any atom is -0.504 e. The maximum atomic E-state index is 12.7. The Hall–Kier alpha value is -3.32. The highest BCUT2D eigenvalue weighted by atomic mass is 32.2. The predicted molar refractivity (Wildman–Crippen MR) is 127 cm³/mol. The van der Waals surface area contributed by atoms with E-state index in [2.05, 4.69) is 20.8 Å². The molecule has 32 heavy (non-hydrogen) atoms. The van der Waals surface area contributed by atoms with Gasteiger partial charge in [-0.15, -0.1) is 0 Å². The van der Waals surface area contributed by atoms with Crippen LogP contribution in [-0.4, -0.2) is 36.3 Å². The first-order valence-electron chi connectivity index (χ1n) is 10.3. The summed E-state index contributed by atoms with van der Waals surface area (Å²) >= 11 is 1.38. The van der Waals surface area contributed by atoms with Gasteiger partial charge in [-0.2, -0.15) is 5.10 Å². The van der Waals surface area contributed by atoms with Crippen LogP contribution in [0.5, 0.6) is 11.5 Å². The number of phenolic OH excluding ortho intramolecular Hbond substituents is 2. The van der Waals surface area contributed by atoms with E-state index >= 15 is 0 Å². The van der Waals surface area contributed by atoms with E-state index in [-0.39, 0.29) is 28.5 Å². The average Bonchev–Trinajstić information content (AvgIpc) is 3.09.